The summed E-state index contributed by atoms with van der Waals surface area (Å²) in [6.07, 6.45) is -1.05. The van der Waals surface area contributed by atoms with Crippen molar-refractivity contribution in [2.24, 2.45) is 0 Å². The van der Waals surface area contributed by atoms with Gasteiger partial charge in [-0.1, -0.05) is 0 Å². The van der Waals surface area contributed by atoms with Crippen LogP contribution in [-0.2, 0) is 14.3 Å². The molecule has 0 radical (unpaired) electrons. The number of hydrogen-bond donors (Lipinski definition) is 1. The van der Waals surface area contributed by atoms with Gasteiger partial charge >= 0.3 is 12.0 Å². The zero-order chi connectivity index (χ0) is 18.8. The van der Waals surface area contributed by atoms with E-state index in [1.165, 1.54) is 27.9 Å². The number of imide groups is 1. The highest BCUT2D eigenvalue weighted by Gasteiger charge is 2.45. The molecule has 1 unspecified atom stereocenters. The minimum Gasteiger partial charge on any atom is -0.497 e. The van der Waals surface area contributed by atoms with Crippen LogP contribution in [0.15, 0.2) is 24.3 Å². The molecule has 1 heterocycles. The first-order valence-electron chi connectivity index (χ1n) is 7.67. The van der Waals surface area contributed by atoms with Crippen LogP contribution in [0.4, 0.5) is 4.79 Å². The van der Waals surface area contributed by atoms with Gasteiger partial charge in [0.25, 0.3) is 5.91 Å². The third-order valence-corrected chi connectivity index (χ3v) is 3.78. The molecular formula is C17H20N2O6. The van der Waals surface area contributed by atoms with Gasteiger partial charge in [-0.15, -0.1) is 0 Å². The number of Topliss-reactive ketones (excluding diaryl/α,β-unsaturated/α-hetero) is 1. The van der Waals surface area contributed by atoms with E-state index in [0.717, 1.165) is 4.90 Å². The summed E-state index contributed by atoms with van der Waals surface area (Å²) in [5.41, 5.74) is -0.709. The van der Waals surface area contributed by atoms with E-state index in [0.29, 0.717) is 11.3 Å². The van der Waals surface area contributed by atoms with Crippen molar-refractivity contribution >= 4 is 23.7 Å². The Bertz CT molecular complexity index is 710. The van der Waals surface area contributed by atoms with E-state index in [-0.39, 0.29) is 0 Å². The van der Waals surface area contributed by atoms with Crippen molar-refractivity contribution in [2.75, 3.05) is 13.7 Å². The minimum absolute atomic E-state index is 0.359. The quantitative estimate of drug-likeness (QED) is 0.470. The van der Waals surface area contributed by atoms with Crippen molar-refractivity contribution < 1.29 is 28.7 Å². The number of urea groups is 1. The Morgan fingerprint density at radius 1 is 1.20 bits per heavy atom. The highest BCUT2D eigenvalue weighted by atomic mass is 16.5. The van der Waals surface area contributed by atoms with Crippen molar-refractivity contribution in [1.29, 1.82) is 0 Å². The highest BCUT2D eigenvalue weighted by molar-refractivity contribution is 6.08. The number of ether oxygens (including phenoxy) is 2. The predicted octanol–water partition coefficient (Wildman–Crippen LogP) is 1.14. The number of carbonyl (C=O) groups is 4. The highest BCUT2D eigenvalue weighted by Crippen LogP contribution is 2.17. The molecule has 0 aromatic heterocycles. The molecule has 8 nitrogen and oxygen atoms in total. The van der Waals surface area contributed by atoms with Gasteiger partial charge in [0, 0.05) is 5.56 Å². The summed E-state index contributed by atoms with van der Waals surface area (Å²) in [4.78, 5) is 48.8. The summed E-state index contributed by atoms with van der Waals surface area (Å²) in [6, 6.07) is 5.70. The molecule has 1 fully saturated rings. The standard InChI is InChI=1S/C17H20N2O6/c1-10(14(21)11-5-7-12(24-4)8-6-11)25-13(20)9-19-15(22)17(2,3)18-16(19)23/h5-8,10H,9H2,1-4H3,(H,18,23). The fourth-order valence-corrected chi connectivity index (χ4v) is 2.37. The second-order valence-corrected chi connectivity index (χ2v) is 6.17. The third kappa shape index (κ3) is 3.96. The first kappa shape index (κ1) is 18.4. The maximum Gasteiger partial charge on any atom is 0.326 e. The summed E-state index contributed by atoms with van der Waals surface area (Å²) in [5.74, 6) is -1.16. The molecule has 1 aliphatic rings. The normalized spacial score (nSPS) is 17.0. The number of amides is 3. The molecule has 1 aromatic carbocycles. The average Bonchev–Trinajstić information content (AvgIpc) is 2.76. The molecule has 25 heavy (non-hydrogen) atoms. The maximum atomic E-state index is 12.3. The minimum atomic E-state index is -1.07. The van der Waals surface area contributed by atoms with Gasteiger partial charge < -0.3 is 14.8 Å². The second kappa shape index (κ2) is 6.92. The third-order valence-electron chi connectivity index (χ3n) is 3.78. The van der Waals surface area contributed by atoms with Crippen LogP contribution in [0, 0.1) is 0 Å². The van der Waals surface area contributed by atoms with Gasteiger partial charge in [0.05, 0.1) is 7.11 Å². The molecule has 1 aromatic rings. The lowest BCUT2D eigenvalue weighted by molar-refractivity contribution is -0.149. The summed E-state index contributed by atoms with van der Waals surface area (Å²) in [5, 5.41) is 2.46. The Morgan fingerprint density at radius 2 is 1.80 bits per heavy atom. The molecule has 8 heteroatoms. The van der Waals surface area contributed by atoms with Gasteiger partial charge in [-0.25, -0.2) is 4.79 Å². The zero-order valence-corrected chi connectivity index (χ0v) is 14.5. The topological polar surface area (TPSA) is 102 Å². The number of nitrogens with zero attached hydrogens (tertiary/aromatic N) is 1. The van der Waals surface area contributed by atoms with E-state index in [4.69, 9.17) is 9.47 Å². The van der Waals surface area contributed by atoms with Crippen LogP contribution in [-0.4, -0.2) is 53.9 Å². The fraction of sp³-hybridized carbons (Fsp3) is 0.412. The molecular weight excluding hydrogens is 328 g/mol. The monoisotopic (exact) mass is 348 g/mol. The van der Waals surface area contributed by atoms with Gasteiger partial charge in [-0.05, 0) is 45.0 Å². The first-order chi connectivity index (χ1) is 11.7. The van der Waals surface area contributed by atoms with Gasteiger partial charge in [0.2, 0.25) is 5.78 Å². The molecule has 2 rings (SSSR count). The van der Waals surface area contributed by atoms with Gasteiger partial charge in [-0.3, -0.25) is 19.3 Å². The molecule has 1 aliphatic heterocycles. The van der Waals surface area contributed by atoms with Crippen LogP contribution in [0.1, 0.15) is 31.1 Å². The Kier molecular flexibility index (Phi) is 5.10. The molecule has 1 atom stereocenters. The Balaban J connectivity index is 1.96. The zero-order valence-electron chi connectivity index (χ0n) is 14.5. The number of carbonyl (C=O) groups excluding carboxylic acids is 4. The number of esters is 1. The molecule has 0 bridgehead atoms. The molecule has 0 spiro atoms. The lowest BCUT2D eigenvalue weighted by Crippen LogP contribution is -2.41. The molecule has 1 saturated heterocycles. The average molecular weight is 348 g/mol. The van der Waals surface area contributed by atoms with Crippen molar-refractivity contribution in [3.05, 3.63) is 29.8 Å². The number of ketones is 1. The van der Waals surface area contributed by atoms with Crippen LogP contribution in [0.3, 0.4) is 0 Å². The molecule has 3 amide bonds. The van der Waals surface area contributed by atoms with Gasteiger partial charge in [0.15, 0.2) is 6.10 Å². The Hall–Kier alpha value is -2.90. The Morgan fingerprint density at radius 3 is 2.28 bits per heavy atom. The van der Waals surface area contributed by atoms with Crippen molar-refractivity contribution in [3.8, 4) is 5.75 Å². The fourth-order valence-electron chi connectivity index (χ4n) is 2.37. The van der Waals surface area contributed by atoms with E-state index >= 15 is 0 Å². The van der Waals surface area contributed by atoms with Gasteiger partial charge in [-0.2, -0.15) is 0 Å². The lowest BCUT2D eigenvalue weighted by Gasteiger charge is -2.17. The van der Waals surface area contributed by atoms with Crippen LogP contribution in [0.25, 0.3) is 0 Å². The SMILES string of the molecule is COc1ccc(C(=O)C(C)OC(=O)CN2C(=O)NC(C)(C)C2=O)cc1. The van der Waals surface area contributed by atoms with Crippen molar-refractivity contribution in [3.63, 3.8) is 0 Å². The molecule has 134 valence electrons. The largest absolute Gasteiger partial charge is 0.497 e. The number of benzene rings is 1. The first-order valence-corrected chi connectivity index (χ1v) is 7.67. The molecule has 1 N–H and O–H groups in total. The van der Waals surface area contributed by atoms with E-state index in [1.54, 1.807) is 24.3 Å². The number of methoxy groups -OCH3 is 1. The Labute approximate surface area is 145 Å². The van der Waals surface area contributed by atoms with E-state index in [9.17, 15) is 19.2 Å². The van der Waals surface area contributed by atoms with Crippen LogP contribution >= 0.6 is 0 Å². The van der Waals surface area contributed by atoms with Crippen LogP contribution in [0.5, 0.6) is 5.75 Å². The van der Waals surface area contributed by atoms with E-state index in [2.05, 4.69) is 5.32 Å². The smallest absolute Gasteiger partial charge is 0.326 e. The van der Waals surface area contributed by atoms with Gasteiger partial charge in [0.1, 0.15) is 17.8 Å². The number of nitrogens with one attached hydrogen (secondary N) is 1. The summed E-state index contributed by atoms with van der Waals surface area (Å²) in [6.45, 7) is 3.96. The number of rotatable bonds is 6. The molecule has 0 aliphatic carbocycles. The summed E-state index contributed by atoms with van der Waals surface area (Å²) < 4.78 is 10.1. The predicted molar refractivity (Wildman–Crippen MR) is 87.2 cm³/mol. The van der Waals surface area contributed by atoms with Crippen LogP contribution in [0.2, 0.25) is 0 Å². The van der Waals surface area contributed by atoms with E-state index in [1.807, 2.05) is 0 Å². The van der Waals surface area contributed by atoms with E-state index < -0.39 is 41.9 Å². The van der Waals surface area contributed by atoms with Crippen molar-refractivity contribution in [1.82, 2.24) is 10.2 Å². The second-order valence-electron chi connectivity index (χ2n) is 6.17. The van der Waals surface area contributed by atoms with Crippen molar-refractivity contribution in [2.45, 2.75) is 32.4 Å². The van der Waals surface area contributed by atoms with Crippen LogP contribution < -0.4 is 10.1 Å². The lowest BCUT2D eigenvalue weighted by atomic mass is 10.1. The maximum absolute atomic E-state index is 12.3. The molecule has 0 saturated carbocycles. The summed E-state index contributed by atoms with van der Waals surface area (Å²) in [7, 11) is 1.51. The summed E-state index contributed by atoms with van der Waals surface area (Å²) >= 11 is 0. The number of hydrogen-bond acceptors (Lipinski definition) is 6.